The molecule has 0 N–H and O–H groups in total. The number of ether oxygens (including phenoxy) is 1. The van der Waals surface area contributed by atoms with E-state index in [0.717, 1.165) is 37.4 Å². The number of benzene rings is 2. The van der Waals surface area contributed by atoms with Gasteiger partial charge in [0.1, 0.15) is 5.75 Å². The third kappa shape index (κ3) is 3.88. The van der Waals surface area contributed by atoms with Crippen LogP contribution in [0.15, 0.2) is 36.4 Å². The summed E-state index contributed by atoms with van der Waals surface area (Å²) in [4.78, 5) is 17.6. The van der Waals surface area contributed by atoms with Crippen LogP contribution in [0.3, 0.4) is 0 Å². The van der Waals surface area contributed by atoms with Crippen LogP contribution in [0.2, 0.25) is 5.02 Å². The second-order valence-corrected chi connectivity index (χ2v) is 8.64. The molecule has 0 aliphatic carbocycles. The lowest BCUT2D eigenvalue weighted by molar-refractivity contribution is 0.0102. The molecule has 0 spiro atoms. The first-order chi connectivity index (χ1) is 14.0. The average Bonchev–Trinajstić information content (AvgIpc) is 2.75. The number of rotatable bonds is 3. The van der Waals surface area contributed by atoms with Crippen molar-refractivity contribution >= 4 is 17.5 Å². The van der Waals surface area contributed by atoms with Gasteiger partial charge in [0, 0.05) is 42.3 Å². The Kier molecular flexibility index (Phi) is 5.84. The number of hydrogen-bond donors (Lipinski definition) is 0. The van der Waals surface area contributed by atoms with Crippen LogP contribution in [0.4, 0.5) is 0 Å². The second kappa shape index (κ2) is 8.37. The Morgan fingerprint density at radius 3 is 2.52 bits per heavy atom. The highest BCUT2D eigenvalue weighted by Gasteiger charge is 2.37. The quantitative estimate of drug-likeness (QED) is 0.709. The molecule has 2 saturated heterocycles. The fourth-order valence-electron chi connectivity index (χ4n) is 4.94. The van der Waals surface area contributed by atoms with E-state index in [2.05, 4.69) is 30.9 Å². The lowest BCUT2D eigenvalue weighted by Gasteiger charge is -2.48. The van der Waals surface area contributed by atoms with E-state index < -0.39 is 0 Å². The summed E-state index contributed by atoms with van der Waals surface area (Å²) in [5, 5.41) is 0.659. The van der Waals surface area contributed by atoms with Gasteiger partial charge in [0.25, 0.3) is 5.91 Å². The van der Waals surface area contributed by atoms with Gasteiger partial charge in [-0.3, -0.25) is 9.69 Å². The molecule has 0 bridgehead atoms. The molecule has 2 atom stereocenters. The number of fused-ring (bicyclic) bond motifs is 1. The van der Waals surface area contributed by atoms with Gasteiger partial charge in [0.15, 0.2) is 0 Å². The smallest absolute Gasteiger partial charge is 0.253 e. The zero-order chi connectivity index (χ0) is 20.5. The Bertz CT molecular complexity index is 896. The molecule has 0 saturated carbocycles. The van der Waals surface area contributed by atoms with Crippen LogP contribution in [-0.4, -0.2) is 48.5 Å². The molecule has 2 heterocycles. The predicted molar refractivity (Wildman–Crippen MR) is 117 cm³/mol. The largest absolute Gasteiger partial charge is 0.496 e. The molecule has 0 aromatic heterocycles. The molecule has 2 aliphatic heterocycles. The lowest BCUT2D eigenvalue weighted by atomic mass is 9.86. The fraction of sp³-hybridized carbons (Fsp3) is 0.458. The van der Waals surface area contributed by atoms with Gasteiger partial charge >= 0.3 is 0 Å². The van der Waals surface area contributed by atoms with Gasteiger partial charge in [-0.2, -0.15) is 0 Å². The monoisotopic (exact) mass is 412 g/mol. The summed E-state index contributed by atoms with van der Waals surface area (Å²) in [6.45, 7) is 6.83. The van der Waals surface area contributed by atoms with E-state index in [1.165, 1.54) is 29.5 Å². The molecule has 1 unspecified atom stereocenters. The first kappa shape index (κ1) is 20.2. The number of methoxy groups -OCH3 is 1. The molecule has 5 heteroatoms. The molecule has 0 radical (unpaired) electrons. The Morgan fingerprint density at radius 1 is 1.03 bits per heavy atom. The Balaban J connectivity index is 1.52. The van der Waals surface area contributed by atoms with Crippen LogP contribution in [-0.2, 0) is 0 Å². The van der Waals surface area contributed by atoms with E-state index in [1.807, 2.05) is 17.0 Å². The highest BCUT2D eigenvalue weighted by Crippen LogP contribution is 2.39. The van der Waals surface area contributed by atoms with Crippen molar-refractivity contribution in [3.8, 4) is 5.75 Å². The molecule has 2 fully saturated rings. The van der Waals surface area contributed by atoms with E-state index in [0.29, 0.717) is 17.1 Å². The van der Waals surface area contributed by atoms with Crippen molar-refractivity contribution in [3.05, 3.63) is 63.7 Å². The minimum absolute atomic E-state index is 0.111. The number of amides is 1. The van der Waals surface area contributed by atoms with Crippen LogP contribution < -0.4 is 4.74 Å². The van der Waals surface area contributed by atoms with Crippen LogP contribution in [0, 0.1) is 13.8 Å². The maximum atomic E-state index is 13.0. The lowest BCUT2D eigenvalue weighted by Crippen LogP contribution is -2.57. The number of carbonyl (C=O) groups is 1. The summed E-state index contributed by atoms with van der Waals surface area (Å²) < 4.78 is 5.50. The van der Waals surface area contributed by atoms with Crippen molar-refractivity contribution in [2.45, 2.75) is 45.2 Å². The Hall–Kier alpha value is -2.04. The highest BCUT2D eigenvalue weighted by atomic mass is 35.5. The number of piperazine rings is 1. The molecule has 29 heavy (non-hydrogen) atoms. The van der Waals surface area contributed by atoms with E-state index >= 15 is 0 Å². The number of halogens is 1. The summed E-state index contributed by atoms with van der Waals surface area (Å²) in [6.07, 6.45) is 3.52. The van der Waals surface area contributed by atoms with Crippen molar-refractivity contribution in [2.75, 3.05) is 26.7 Å². The van der Waals surface area contributed by atoms with Gasteiger partial charge in [-0.15, -0.1) is 0 Å². The SMILES string of the molecule is COc1ccc([C@H]2CCCC3CN(C(=O)c4ccc(Cl)cc4)CCN32)c(C)c1C. The van der Waals surface area contributed by atoms with Crippen molar-refractivity contribution in [1.29, 1.82) is 0 Å². The minimum Gasteiger partial charge on any atom is -0.496 e. The first-order valence-corrected chi connectivity index (χ1v) is 10.8. The Morgan fingerprint density at radius 2 is 1.79 bits per heavy atom. The zero-order valence-corrected chi connectivity index (χ0v) is 18.2. The van der Waals surface area contributed by atoms with Crippen LogP contribution >= 0.6 is 11.6 Å². The van der Waals surface area contributed by atoms with E-state index in [-0.39, 0.29) is 5.91 Å². The van der Waals surface area contributed by atoms with Crippen molar-refractivity contribution < 1.29 is 9.53 Å². The second-order valence-electron chi connectivity index (χ2n) is 8.20. The molecule has 2 aliphatic rings. The number of carbonyl (C=O) groups excluding carboxylic acids is 1. The molecular weight excluding hydrogens is 384 g/mol. The van der Waals surface area contributed by atoms with E-state index in [9.17, 15) is 4.79 Å². The van der Waals surface area contributed by atoms with Gasteiger partial charge in [0.2, 0.25) is 0 Å². The number of hydrogen-bond acceptors (Lipinski definition) is 3. The molecule has 4 rings (SSSR count). The van der Waals surface area contributed by atoms with E-state index in [4.69, 9.17) is 16.3 Å². The van der Waals surface area contributed by atoms with Crippen molar-refractivity contribution in [3.63, 3.8) is 0 Å². The van der Waals surface area contributed by atoms with Crippen molar-refractivity contribution in [1.82, 2.24) is 9.80 Å². The van der Waals surface area contributed by atoms with Gasteiger partial charge in [-0.05, 0) is 80.1 Å². The fourth-order valence-corrected chi connectivity index (χ4v) is 5.07. The van der Waals surface area contributed by atoms with Crippen LogP contribution in [0.25, 0.3) is 0 Å². The number of piperidine rings is 1. The summed E-state index contributed by atoms with van der Waals surface area (Å²) in [6, 6.07) is 12.4. The third-order valence-corrected chi connectivity index (χ3v) is 6.93. The third-order valence-electron chi connectivity index (χ3n) is 6.68. The average molecular weight is 413 g/mol. The van der Waals surface area contributed by atoms with E-state index in [1.54, 1.807) is 19.2 Å². The predicted octanol–water partition coefficient (Wildman–Crippen LogP) is 5.02. The summed E-state index contributed by atoms with van der Waals surface area (Å²) in [7, 11) is 1.73. The standard InChI is InChI=1S/C24H29ClN2O2/c1-16-17(2)23(29-3)12-11-21(16)22-6-4-5-20-15-26(13-14-27(20)22)24(28)18-7-9-19(25)10-8-18/h7-12,20,22H,4-6,13-15H2,1-3H3/t20?,22-/m1/s1. The minimum atomic E-state index is 0.111. The molecule has 2 aromatic carbocycles. The van der Waals surface area contributed by atoms with Crippen LogP contribution in [0.1, 0.15) is 52.4 Å². The summed E-state index contributed by atoms with van der Waals surface area (Å²) in [5.74, 6) is 1.07. The highest BCUT2D eigenvalue weighted by molar-refractivity contribution is 6.30. The van der Waals surface area contributed by atoms with Gasteiger partial charge < -0.3 is 9.64 Å². The van der Waals surface area contributed by atoms with Crippen molar-refractivity contribution in [2.24, 2.45) is 0 Å². The van der Waals surface area contributed by atoms with Gasteiger partial charge in [-0.25, -0.2) is 0 Å². The number of nitrogens with zero attached hydrogens (tertiary/aromatic N) is 2. The molecular formula is C24H29ClN2O2. The maximum Gasteiger partial charge on any atom is 0.253 e. The Labute approximate surface area is 178 Å². The summed E-state index contributed by atoms with van der Waals surface area (Å²) >= 11 is 5.97. The van der Waals surface area contributed by atoms with Crippen LogP contribution in [0.5, 0.6) is 5.75 Å². The first-order valence-electron chi connectivity index (χ1n) is 10.4. The van der Waals surface area contributed by atoms with Gasteiger partial charge in [-0.1, -0.05) is 17.7 Å². The molecule has 4 nitrogen and oxygen atoms in total. The zero-order valence-electron chi connectivity index (χ0n) is 17.5. The maximum absolute atomic E-state index is 13.0. The molecule has 2 aromatic rings. The molecule has 154 valence electrons. The molecule has 1 amide bonds. The summed E-state index contributed by atoms with van der Waals surface area (Å²) in [5.41, 5.74) is 4.68. The normalized spacial score (nSPS) is 22.3. The topological polar surface area (TPSA) is 32.8 Å². The van der Waals surface area contributed by atoms with Gasteiger partial charge in [0.05, 0.1) is 7.11 Å².